The average Bonchev–Trinajstić information content (AvgIpc) is 2.79. The summed E-state index contributed by atoms with van der Waals surface area (Å²) in [6, 6.07) is 15.5. The number of hydrogen-bond donors (Lipinski definition) is 1. The number of benzene rings is 2. The van der Waals surface area contributed by atoms with Gasteiger partial charge in [0, 0.05) is 6.54 Å². The third-order valence-corrected chi connectivity index (χ3v) is 5.92. The summed E-state index contributed by atoms with van der Waals surface area (Å²) in [6.07, 6.45) is 13.7. The number of unbranched alkanes of at least 4 members (excludes halogenated alkanes) is 1. The highest BCUT2D eigenvalue weighted by atomic mass is 14.5. The van der Waals surface area contributed by atoms with E-state index in [-0.39, 0.29) is 0 Å². The smallest absolute Gasteiger partial charge is 0.0183 e. The molecule has 0 aliphatic heterocycles. The van der Waals surface area contributed by atoms with Crippen molar-refractivity contribution in [2.45, 2.75) is 59.8 Å². The van der Waals surface area contributed by atoms with Crippen LogP contribution < -0.4 is 5.73 Å². The van der Waals surface area contributed by atoms with Gasteiger partial charge in [-0.05, 0) is 72.9 Å². The molecule has 0 heterocycles. The number of rotatable bonds is 11. The number of allylic oxidation sites excluding steroid dienone is 6. The van der Waals surface area contributed by atoms with Crippen molar-refractivity contribution < 1.29 is 0 Å². The first-order valence-electron chi connectivity index (χ1n) is 11.6. The van der Waals surface area contributed by atoms with Gasteiger partial charge in [-0.15, -0.1) is 0 Å². The Hall–Kier alpha value is -2.64. The molecule has 2 rings (SSSR count). The first kappa shape index (κ1) is 24.6. The monoisotopic (exact) mass is 413 g/mol. The summed E-state index contributed by atoms with van der Waals surface area (Å²) < 4.78 is 0. The van der Waals surface area contributed by atoms with Crippen molar-refractivity contribution >= 4 is 5.57 Å². The molecule has 1 heteroatoms. The SMILES string of the molecule is C=C/C=C\C(=C/CCC)CC/C(C)=C(\CN)c1ccc(-c2ccccc2C)c(CC)c1. The van der Waals surface area contributed by atoms with Crippen LogP contribution in [0.25, 0.3) is 16.7 Å². The minimum absolute atomic E-state index is 0.565. The fourth-order valence-corrected chi connectivity index (χ4v) is 4.01. The van der Waals surface area contributed by atoms with E-state index in [0.29, 0.717) is 6.54 Å². The molecule has 0 spiro atoms. The standard InChI is InChI=1S/C30H39N/c1-6-9-14-25(15-10-7-2)18-17-24(5)30(22-31)27-19-20-29(26(8-3)21-27)28-16-12-11-13-23(28)4/h6,9,11-16,19-21H,1,7-8,10,17-18,22,31H2,2-5H3/b14-9-,25-15+,30-24+. The van der Waals surface area contributed by atoms with Crippen molar-refractivity contribution in [3.8, 4) is 11.1 Å². The Labute approximate surface area is 190 Å². The van der Waals surface area contributed by atoms with Gasteiger partial charge in [0.15, 0.2) is 0 Å². The van der Waals surface area contributed by atoms with Crippen LogP contribution in [-0.4, -0.2) is 6.54 Å². The maximum absolute atomic E-state index is 6.24. The second-order valence-electron chi connectivity index (χ2n) is 8.17. The minimum atomic E-state index is 0.565. The third kappa shape index (κ3) is 6.94. The molecule has 0 saturated carbocycles. The number of aryl methyl sites for hydroxylation is 2. The van der Waals surface area contributed by atoms with Crippen LogP contribution in [0.15, 0.2) is 84.5 Å². The first-order chi connectivity index (χ1) is 15.0. The van der Waals surface area contributed by atoms with Crippen LogP contribution in [0.4, 0.5) is 0 Å². The van der Waals surface area contributed by atoms with Crippen molar-refractivity contribution in [1.82, 2.24) is 0 Å². The van der Waals surface area contributed by atoms with E-state index in [1.54, 1.807) is 0 Å². The van der Waals surface area contributed by atoms with Gasteiger partial charge in [-0.2, -0.15) is 0 Å². The maximum Gasteiger partial charge on any atom is 0.0183 e. The van der Waals surface area contributed by atoms with Crippen LogP contribution in [0.3, 0.4) is 0 Å². The lowest BCUT2D eigenvalue weighted by Crippen LogP contribution is -2.06. The lowest BCUT2D eigenvalue weighted by Gasteiger charge is -2.16. The van der Waals surface area contributed by atoms with Gasteiger partial charge < -0.3 is 5.73 Å². The van der Waals surface area contributed by atoms with Crippen LogP contribution in [0.1, 0.15) is 63.1 Å². The zero-order valence-electron chi connectivity index (χ0n) is 19.9. The quantitative estimate of drug-likeness (QED) is 0.369. The minimum Gasteiger partial charge on any atom is -0.326 e. The third-order valence-electron chi connectivity index (χ3n) is 5.92. The fraction of sp³-hybridized carbons (Fsp3) is 0.333. The van der Waals surface area contributed by atoms with Crippen LogP contribution in [0, 0.1) is 6.92 Å². The Morgan fingerprint density at radius 3 is 2.45 bits per heavy atom. The van der Waals surface area contributed by atoms with Gasteiger partial charge in [0.05, 0.1) is 0 Å². The van der Waals surface area contributed by atoms with Crippen molar-refractivity contribution in [1.29, 1.82) is 0 Å². The van der Waals surface area contributed by atoms with Crippen molar-refractivity contribution in [3.63, 3.8) is 0 Å². The van der Waals surface area contributed by atoms with Gasteiger partial charge in [0.2, 0.25) is 0 Å². The van der Waals surface area contributed by atoms with E-state index in [0.717, 1.165) is 25.7 Å². The van der Waals surface area contributed by atoms with E-state index in [2.05, 4.69) is 88.9 Å². The van der Waals surface area contributed by atoms with Crippen LogP contribution in [0.5, 0.6) is 0 Å². The molecule has 1 nitrogen and oxygen atoms in total. The Bertz CT molecular complexity index is 956. The van der Waals surface area contributed by atoms with E-state index in [9.17, 15) is 0 Å². The largest absolute Gasteiger partial charge is 0.326 e. The summed E-state index contributed by atoms with van der Waals surface area (Å²) in [6.45, 7) is 13.2. The van der Waals surface area contributed by atoms with Gasteiger partial charge in [0.1, 0.15) is 0 Å². The Balaban J connectivity index is 2.33. The van der Waals surface area contributed by atoms with E-state index in [4.69, 9.17) is 5.73 Å². The molecule has 0 atom stereocenters. The topological polar surface area (TPSA) is 26.0 Å². The molecule has 0 aliphatic rings. The summed E-state index contributed by atoms with van der Waals surface area (Å²) in [5.41, 5.74) is 16.9. The summed E-state index contributed by atoms with van der Waals surface area (Å²) >= 11 is 0. The predicted molar refractivity (Wildman–Crippen MR) is 139 cm³/mol. The highest BCUT2D eigenvalue weighted by Gasteiger charge is 2.11. The van der Waals surface area contributed by atoms with E-state index < -0.39 is 0 Å². The van der Waals surface area contributed by atoms with Crippen molar-refractivity contribution in [2.24, 2.45) is 5.73 Å². The highest BCUT2D eigenvalue weighted by Crippen LogP contribution is 2.31. The first-order valence-corrected chi connectivity index (χ1v) is 11.6. The second-order valence-corrected chi connectivity index (χ2v) is 8.17. The molecule has 0 aromatic heterocycles. The van der Waals surface area contributed by atoms with Crippen molar-refractivity contribution in [3.05, 3.63) is 101 Å². The molecule has 0 radical (unpaired) electrons. The lowest BCUT2D eigenvalue weighted by molar-refractivity contribution is 0.905. The Morgan fingerprint density at radius 2 is 1.81 bits per heavy atom. The van der Waals surface area contributed by atoms with Gasteiger partial charge in [-0.3, -0.25) is 0 Å². The molecule has 2 aromatic carbocycles. The molecule has 2 N–H and O–H groups in total. The maximum atomic E-state index is 6.24. The van der Waals surface area contributed by atoms with Gasteiger partial charge >= 0.3 is 0 Å². The summed E-state index contributed by atoms with van der Waals surface area (Å²) in [7, 11) is 0. The molecule has 164 valence electrons. The van der Waals surface area contributed by atoms with Crippen LogP contribution in [0.2, 0.25) is 0 Å². The van der Waals surface area contributed by atoms with Gasteiger partial charge in [-0.25, -0.2) is 0 Å². The number of hydrogen-bond acceptors (Lipinski definition) is 1. The van der Waals surface area contributed by atoms with E-state index >= 15 is 0 Å². The zero-order chi connectivity index (χ0) is 22.6. The van der Waals surface area contributed by atoms with Crippen LogP contribution >= 0.6 is 0 Å². The molecule has 0 saturated heterocycles. The highest BCUT2D eigenvalue weighted by molar-refractivity contribution is 5.76. The van der Waals surface area contributed by atoms with Gasteiger partial charge in [-0.1, -0.05) is 105 Å². The molecule has 0 bridgehead atoms. The fourth-order valence-electron chi connectivity index (χ4n) is 4.01. The summed E-state index contributed by atoms with van der Waals surface area (Å²) in [5.74, 6) is 0. The summed E-state index contributed by atoms with van der Waals surface area (Å²) in [5, 5.41) is 0. The Morgan fingerprint density at radius 1 is 1.03 bits per heavy atom. The second kappa shape index (κ2) is 12.9. The average molecular weight is 414 g/mol. The Kier molecular flexibility index (Phi) is 10.3. The molecular formula is C30H39N. The molecular weight excluding hydrogens is 374 g/mol. The van der Waals surface area contributed by atoms with E-state index in [1.807, 2.05) is 12.2 Å². The van der Waals surface area contributed by atoms with E-state index in [1.165, 1.54) is 51.0 Å². The normalized spacial score (nSPS) is 12.9. The molecule has 0 unspecified atom stereocenters. The summed E-state index contributed by atoms with van der Waals surface area (Å²) in [4.78, 5) is 0. The predicted octanol–water partition coefficient (Wildman–Crippen LogP) is 8.21. The zero-order valence-corrected chi connectivity index (χ0v) is 19.9. The molecule has 2 aromatic rings. The lowest BCUT2D eigenvalue weighted by atomic mass is 9.89. The van der Waals surface area contributed by atoms with Crippen LogP contribution in [-0.2, 0) is 6.42 Å². The molecule has 0 aliphatic carbocycles. The molecule has 31 heavy (non-hydrogen) atoms. The molecule has 0 fully saturated rings. The van der Waals surface area contributed by atoms with Crippen molar-refractivity contribution in [2.75, 3.05) is 6.54 Å². The molecule has 0 amide bonds. The number of nitrogens with two attached hydrogens (primary N) is 1. The van der Waals surface area contributed by atoms with Gasteiger partial charge in [0.25, 0.3) is 0 Å².